The molecular formula is C21H28N4OS. The molecule has 3 saturated heterocycles. The van der Waals surface area contributed by atoms with Crippen LogP contribution in [0.1, 0.15) is 29.8 Å². The Kier molecular flexibility index (Phi) is 5.55. The highest BCUT2D eigenvalue weighted by Crippen LogP contribution is 2.29. The maximum Gasteiger partial charge on any atom is 0.227 e. The van der Waals surface area contributed by atoms with Gasteiger partial charge in [0.05, 0.1) is 18.4 Å². The molecule has 3 aliphatic heterocycles. The fourth-order valence-corrected chi connectivity index (χ4v) is 4.80. The monoisotopic (exact) mass is 384 g/mol. The second-order valence-electron chi connectivity index (χ2n) is 7.84. The summed E-state index contributed by atoms with van der Waals surface area (Å²) in [6.45, 7) is 5.88. The second-order valence-corrected chi connectivity index (χ2v) is 8.72. The first kappa shape index (κ1) is 18.6. The quantitative estimate of drug-likeness (QED) is 0.805. The maximum absolute atomic E-state index is 13.0. The number of rotatable bonds is 5. The lowest BCUT2D eigenvalue weighted by Gasteiger charge is -2.36. The van der Waals surface area contributed by atoms with Crippen LogP contribution in [0, 0.1) is 12.8 Å². The standard InChI is InChI=1S/C21H28N4OS/c1-15-20(23-14-22-15)13-24-10-17-3-6-18(12-24)25(11-17)21(26)9-16-4-7-19(27-2)8-5-16/h4-5,7-8,14,17-18H,3,6,9-13H2,1-2H3,(H,22,23)/t17-,18+/m0/s1. The van der Waals surface area contributed by atoms with E-state index in [9.17, 15) is 4.79 Å². The van der Waals surface area contributed by atoms with Crippen molar-refractivity contribution >= 4 is 17.7 Å². The van der Waals surface area contributed by atoms with Crippen LogP contribution in [-0.4, -0.2) is 57.6 Å². The number of H-pyrrole nitrogens is 1. The summed E-state index contributed by atoms with van der Waals surface area (Å²) >= 11 is 1.73. The number of carbonyl (C=O) groups is 1. The van der Waals surface area contributed by atoms with Crippen LogP contribution < -0.4 is 0 Å². The lowest BCUT2D eigenvalue weighted by Crippen LogP contribution is -2.48. The van der Waals surface area contributed by atoms with Crippen LogP contribution >= 0.6 is 11.8 Å². The average Bonchev–Trinajstić information content (AvgIpc) is 2.89. The third-order valence-corrected chi connectivity index (χ3v) is 6.68. The summed E-state index contributed by atoms with van der Waals surface area (Å²) in [4.78, 5) is 26.5. The van der Waals surface area contributed by atoms with Crippen molar-refractivity contribution in [3.05, 3.63) is 47.5 Å². The number of aromatic nitrogens is 2. The molecule has 0 radical (unpaired) electrons. The predicted molar refractivity (Wildman–Crippen MR) is 109 cm³/mol. The molecule has 2 aromatic rings. The first-order valence-corrected chi connectivity index (χ1v) is 11.0. The summed E-state index contributed by atoms with van der Waals surface area (Å²) in [5.74, 6) is 0.852. The number of amides is 1. The van der Waals surface area contributed by atoms with Gasteiger partial charge in [-0.3, -0.25) is 9.69 Å². The Hall–Kier alpha value is -1.79. The summed E-state index contributed by atoms with van der Waals surface area (Å²) in [6, 6.07) is 8.73. The number of carbonyl (C=O) groups excluding carboxylic acids is 1. The molecule has 5 nitrogen and oxygen atoms in total. The number of thioether (sulfide) groups is 1. The van der Waals surface area contributed by atoms with Crippen LogP contribution in [0.5, 0.6) is 0 Å². The fraction of sp³-hybridized carbons (Fsp3) is 0.524. The van der Waals surface area contributed by atoms with Crippen LogP contribution in [0.3, 0.4) is 0 Å². The molecule has 27 heavy (non-hydrogen) atoms. The molecule has 3 fully saturated rings. The Bertz CT molecular complexity index is 788. The van der Waals surface area contributed by atoms with Crippen LogP contribution in [0.25, 0.3) is 0 Å². The van der Waals surface area contributed by atoms with Crippen molar-refractivity contribution in [1.82, 2.24) is 19.8 Å². The van der Waals surface area contributed by atoms with Crippen LogP contribution in [0.4, 0.5) is 0 Å². The molecule has 3 aliphatic rings. The van der Waals surface area contributed by atoms with Crippen molar-refractivity contribution in [1.29, 1.82) is 0 Å². The minimum Gasteiger partial charge on any atom is -0.348 e. The molecule has 5 rings (SSSR count). The minimum absolute atomic E-state index is 0.277. The lowest BCUT2D eigenvalue weighted by atomic mass is 9.94. The minimum atomic E-state index is 0.277. The van der Waals surface area contributed by atoms with E-state index in [1.807, 2.05) is 0 Å². The van der Waals surface area contributed by atoms with Gasteiger partial charge in [0.2, 0.25) is 5.91 Å². The van der Waals surface area contributed by atoms with Gasteiger partial charge in [-0.05, 0) is 49.6 Å². The van der Waals surface area contributed by atoms with Crippen molar-refractivity contribution < 1.29 is 4.79 Å². The van der Waals surface area contributed by atoms with E-state index in [1.54, 1.807) is 18.1 Å². The van der Waals surface area contributed by atoms with Crippen molar-refractivity contribution in [2.75, 3.05) is 25.9 Å². The molecule has 1 amide bonds. The molecule has 2 bridgehead atoms. The van der Waals surface area contributed by atoms with Gasteiger partial charge in [0.1, 0.15) is 0 Å². The molecular weight excluding hydrogens is 356 g/mol. The summed E-state index contributed by atoms with van der Waals surface area (Å²) in [7, 11) is 0. The molecule has 1 N–H and O–H groups in total. The van der Waals surface area contributed by atoms with Crippen molar-refractivity contribution in [3.8, 4) is 0 Å². The number of hydrogen-bond donors (Lipinski definition) is 1. The third-order valence-electron chi connectivity index (χ3n) is 5.93. The number of nitrogens with zero attached hydrogens (tertiary/aromatic N) is 3. The molecule has 0 spiro atoms. The van der Waals surface area contributed by atoms with E-state index >= 15 is 0 Å². The molecule has 6 heteroatoms. The topological polar surface area (TPSA) is 52.2 Å². The third kappa shape index (κ3) is 4.22. The smallest absolute Gasteiger partial charge is 0.227 e. The first-order chi connectivity index (χ1) is 13.1. The van der Waals surface area contributed by atoms with E-state index in [2.05, 4.69) is 57.2 Å². The van der Waals surface area contributed by atoms with Gasteiger partial charge in [-0.1, -0.05) is 12.1 Å². The van der Waals surface area contributed by atoms with Gasteiger partial charge in [0.15, 0.2) is 0 Å². The molecule has 1 aromatic carbocycles. The van der Waals surface area contributed by atoms with E-state index in [1.165, 1.54) is 11.3 Å². The zero-order valence-corrected chi connectivity index (χ0v) is 17.0. The molecule has 4 heterocycles. The molecule has 0 unspecified atom stereocenters. The number of hydrogen-bond acceptors (Lipinski definition) is 4. The number of fused-ring (bicyclic) bond motifs is 4. The van der Waals surface area contributed by atoms with Gasteiger partial charge in [0.25, 0.3) is 0 Å². The van der Waals surface area contributed by atoms with Gasteiger partial charge in [-0.2, -0.15) is 0 Å². The van der Waals surface area contributed by atoms with E-state index < -0.39 is 0 Å². The highest BCUT2D eigenvalue weighted by atomic mass is 32.2. The Morgan fingerprint density at radius 1 is 1.22 bits per heavy atom. The summed E-state index contributed by atoms with van der Waals surface area (Å²) in [6.07, 6.45) is 6.71. The number of imidazole rings is 1. The maximum atomic E-state index is 13.0. The van der Waals surface area contributed by atoms with Gasteiger partial charge >= 0.3 is 0 Å². The van der Waals surface area contributed by atoms with Gasteiger partial charge in [0, 0.05) is 42.8 Å². The van der Waals surface area contributed by atoms with Crippen molar-refractivity contribution in [3.63, 3.8) is 0 Å². The summed E-state index contributed by atoms with van der Waals surface area (Å²) in [5, 5.41) is 0. The summed E-state index contributed by atoms with van der Waals surface area (Å²) < 4.78 is 0. The van der Waals surface area contributed by atoms with Crippen LogP contribution in [0.2, 0.25) is 0 Å². The van der Waals surface area contributed by atoms with Gasteiger partial charge < -0.3 is 9.88 Å². The zero-order chi connectivity index (χ0) is 18.8. The van der Waals surface area contributed by atoms with E-state index in [0.29, 0.717) is 18.4 Å². The van der Waals surface area contributed by atoms with Crippen molar-refractivity contribution in [2.45, 2.75) is 43.7 Å². The van der Waals surface area contributed by atoms with Crippen LogP contribution in [-0.2, 0) is 17.8 Å². The average molecular weight is 385 g/mol. The molecule has 0 aliphatic carbocycles. The summed E-state index contributed by atoms with van der Waals surface area (Å²) in [5.41, 5.74) is 3.39. The van der Waals surface area contributed by atoms with Gasteiger partial charge in [-0.15, -0.1) is 11.8 Å². The van der Waals surface area contributed by atoms with Crippen molar-refractivity contribution in [2.24, 2.45) is 5.92 Å². The Balaban J connectivity index is 1.42. The van der Waals surface area contributed by atoms with Crippen LogP contribution in [0.15, 0.2) is 35.5 Å². The number of nitrogens with one attached hydrogen (secondary N) is 1. The van der Waals surface area contributed by atoms with E-state index in [4.69, 9.17) is 0 Å². The number of benzene rings is 1. The lowest BCUT2D eigenvalue weighted by molar-refractivity contribution is -0.134. The highest BCUT2D eigenvalue weighted by Gasteiger charge is 2.37. The Morgan fingerprint density at radius 2 is 2.04 bits per heavy atom. The zero-order valence-electron chi connectivity index (χ0n) is 16.1. The Labute approximate surface area is 165 Å². The number of piperidine rings is 1. The molecule has 144 valence electrons. The predicted octanol–water partition coefficient (Wildman–Crippen LogP) is 3.11. The SMILES string of the molecule is CSc1ccc(CC(=O)N2C[C@H]3CC[C@@H]2CN(Cc2nc[nH]c2C)C3)cc1. The number of aromatic amines is 1. The Morgan fingerprint density at radius 3 is 2.74 bits per heavy atom. The van der Waals surface area contributed by atoms with E-state index in [-0.39, 0.29) is 5.91 Å². The highest BCUT2D eigenvalue weighted by molar-refractivity contribution is 7.98. The molecule has 1 aromatic heterocycles. The normalized spacial score (nSPS) is 22.8. The number of aryl methyl sites for hydroxylation is 1. The van der Waals surface area contributed by atoms with Gasteiger partial charge in [-0.25, -0.2) is 4.98 Å². The fourth-order valence-electron chi connectivity index (χ4n) is 4.39. The largest absolute Gasteiger partial charge is 0.348 e. The molecule has 2 atom stereocenters. The second kappa shape index (κ2) is 8.07. The first-order valence-electron chi connectivity index (χ1n) is 9.76. The molecule has 0 saturated carbocycles. The van der Waals surface area contributed by atoms with E-state index in [0.717, 1.165) is 49.6 Å².